The number of esters is 1. The number of hydrogen-bond acceptors (Lipinski definition) is 7. The number of thioether (sulfide) groups is 1. The van der Waals surface area contributed by atoms with E-state index < -0.39 is 0 Å². The number of ether oxygens (including phenoxy) is 3. The Labute approximate surface area is 197 Å². The molecule has 1 heterocycles. The van der Waals surface area contributed by atoms with E-state index in [4.69, 9.17) is 21.7 Å². The molecule has 1 aliphatic rings. The van der Waals surface area contributed by atoms with Gasteiger partial charge in [0.25, 0.3) is 5.91 Å². The van der Waals surface area contributed by atoms with Crippen molar-refractivity contribution < 1.29 is 23.8 Å². The predicted molar refractivity (Wildman–Crippen MR) is 130 cm³/mol. The average molecular weight is 472 g/mol. The highest BCUT2D eigenvalue weighted by Crippen LogP contribution is 2.35. The summed E-state index contributed by atoms with van der Waals surface area (Å²) in [5.74, 6) is 0.796. The van der Waals surface area contributed by atoms with Crippen LogP contribution in [0.3, 0.4) is 0 Å². The van der Waals surface area contributed by atoms with Gasteiger partial charge in [-0.2, -0.15) is 0 Å². The van der Waals surface area contributed by atoms with Crippen LogP contribution in [0.5, 0.6) is 11.5 Å². The average Bonchev–Trinajstić information content (AvgIpc) is 3.06. The molecule has 0 spiro atoms. The fourth-order valence-electron chi connectivity index (χ4n) is 3.07. The smallest absolute Gasteiger partial charge is 0.305 e. The molecule has 8 heteroatoms. The van der Waals surface area contributed by atoms with Crippen LogP contribution in [-0.2, 0) is 20.9 Å². The number of carbonyl (C=O) groups is 2. The van der Waals surface area contributed by atoms with Crippen LogP contribution >= 0.6 is 24.0 Å². The molecule has 2 aromatic rings. The van der Waals surface area contributed by atoms with Gasteiger partial charge in [0.1, 0.15) is 10.9 Å². The first-order valence-electron chi connectivity index (χ1n) is 10.3. The Balaban J connectivity index is 1.70. The van der Waals surface area contributed by atoms with Crippen molar-refractivity contribution in [2.45, 2.75) is 26.4 Å². The zero-order chi connectivity index (χ0) is 22.9. The maximum Gasteiger partial charge on any atom is 0.305 e. The zero-order valence-corrected chi connectivity index (χ0v) is 19.7. The molecule has 32 heavy (non-hydrogen) atoms. The van der Waals surface area contributed by atoms with Gasteiger partial charge in [0.05, 0.1) is 18.6 Å². The molecule has 0 bridgehead atoms. The molecule has 1 saturated heterocycles. The van der Waals surface area contributed by atoms with Gasteiger partial charge in [-0.05, 0) is 42.7 Å². The van der Waals surface area contributed by atoms with Crippen molar-refractivity contribution in [1.29, 1.82) is 0 Å². The Hall–Kier alpha value is -2.84. The topological polar surface area (TPSA) is 65.1 Å². The van der Waals surface area contributed by atoms with Crippen LogP contribution < -0.4 is 9.47 Å². The van der Waals surface area contributed by atoms with Crippen molar-refractivity contribution in [3.8, 4) is 11.5 Å². The number of nitrogens with zero attached hydrogens (tertiary/aromatic N) is 1. The van der Waals surface area contributed by atoms with E-state index in [1.807, 2.05) is 55.5 Å². The minimum Gasteiger partial charge on any atom is -0.490 e. The number of benzene rings is 2. The fraction of sp³-hybridized carbons (Fsp3) is 0.292. The summed E-state index contributed by atoms with van der Waals surface area (Å²) < 4.78 is 16.8. The summed E-state index contributed by atoms with van der Waals surface area (Å²) in [7, 11) is 1.35. The van der Waals surface area contributed by atoms with Gasteiger partial charge in [-0.3, -0.25) is 14.5 Å². The minimum atomic E-state index is -0.302. The molecule has 2 aromatic carbocycles. The molecular weight excluding hydrogens is 446 g/mol. The Morgan fingerprint density at radius 2 is 1.91 bits per heavy atom. The molecule has 1 aliphatic heterocycles. The van der Waals surface area contributed by atoms with E-state index in [2.05, 4.69) is 4.74 Å². The molecule has 0 N–H and O–H groups in total. The third-order valence-corrected chi connectivity index (χ3v) is 6.04. The van der Waals surface area contributed by atoms with Crippen molar-refractivity contribution in [3.05, 3.63) is 64.6 Å². The quantitative estimate of drug-likeness (QED) is 0.280. The number of hydrogen-bond donors (Lipinski definition) is 0. The molecule has 0 aromatic heterocycles. The summed E-state index contributed by atoms with van der Waals surface area (Å²) in [5.41, 5.74) is 1.88. The number of amides is 1. The van der Waals surface area contributed by atoms with Crippen molar-refractivity contribution in [2.75, 3.05) is 20.3 Å². The lowest BCUT2D eigenvalue weighted by atomic mass is 10.1. The predicted octanol–water partition coefficient (Wildman–Crippen LogP) is 4.82. The number of thiocarbonyl (C=S) groups is 1. The van der Waals surface area contributed by atoms with Crippen molar-refractivity contribution in [3.63, 3.8) is 0 Å². The fourth-order valence-corrected chi connectivity index (χ4v) is 4.37. The van der Waals surface area contributed by atoms with Gasteiger partial charge in [-0.15, -0.1) is 0 Å². The van der Waals surface area contributed by atoms with Crippen LogP contribution in [0.4, 0.5) is 0 Å². The Kier molecular flexibility index (Phi) is 8.70. The first-order chi connectivity index (χ1) is 15.5. The molecule has 1 fully saturated rings. The molecule has 1 amide bonds. The van der Waals surface area contributed by atoms with Gasteiger partial charge in [-0.1, -0.05) is 60.4 Å². The van der Waals surface area contributed by atoms with E-state index in [0.717, 1.165) is 11.1 Å². The number of carbonyl (C=O) groups excluding carboxylic acids is 2. The third-order valence-electron chi connectivity index (χ3n) is 4.67. The Morgan fingerprint density at radius 1 is 1.12 bits per heavy atom. The molecule has 0 saturated carbocycles. The molecule has 6 nitrogen and oxygen atoms in total. The second-order valence-electron chi connectivity index (χ2n) is 6.93. The summed E-state index contributed by atoms with van der Waals surface area (Å²) in [6.07, 6.45) is 2.53. The second kappa shape index (κ2) is 11.7. The van der Waals surface area contributed by atoms with Crippen LogP contribution in [0.2, 0.25) is 0 Å². The van der Waals surface area contributed by atoms with Crippen molar-refractivity contribution in [2.24, 2.45) is 0 Å². The molecular formula is C24H25NO5S2. The Morgan fingerprint density at radius 3 is 2.62 bits per heavy atom. The second-order valence-corrected chi connectivity index (χ2v) is 8.60. The molecule has 0 unspecified atom stereocenters. The lowest BCUT2D eigenvalue weighted by molar-refractivity contribution is -0.141. The van der Waals surface area contributed by atoms with Gasteiger partial charge < -0.3 is 14.2 Å². The van der Waals surface area contributed by atoms with Crippen molar-refractivity contribution >= 4 is 46.3 Å². The lowest BCUT2D eigenvalue weighted by Gasteiger charge is -2.14. The normalized spacial score (nSPS) is 14.7. The van der Waals surface area contributed by atoms with E-state index in [1.54, 1.807) is 6.08 Å². The van der Waals surface area contributed by atoms with Crippen LogP contribution in [0.1, 0.15) is 30.9 Å². The minimum absolute atomic E-state index is 0.160. The lowest BCUT2D eigenvalue weighted by Crippen LogP contribution is -2.29. The van der Waals surface area contributed by atoms with Gasteiger partial charge in [0.15, 0.2) is 11.5 Å². The summed E-state index contributed by atoms with van der Waals surface area (Å²) >= 11 is 6.61. The van der Waals surface area contributed by atoms with E-state index in [0.29, 0.717) is 46.9 Å². The molecule has 0 aliphatic carbocycles. The maximum atomic E-state index is 12.8. The molecule has 0 atom stereocenters. The summed E-state index contributed by atoms with van der Waals surface area (Å²) in [5, 5.41) is 0. The van der Waals surface area contributed by atoms with Crippen LogP contribution in [-0.4, -0.2) is 41.4 Å². The first-order valence-corrected chi connectivity index (χ1v) is 11.5. The standard InChI is InChI=1S/C24H25NO5S2/c1-3-29-20-14-18(11-12-19(20)30-16-17-8-5-4-6-9-17)15-21-23(27)25(24(31)32-21)13-7-10-22(26)28-2/h4-6,8-9,11-12,14-15H,3,7,10,13,16H2,1-2H3/b21-15-. The largest absolute Gasteiger partial charge is 0.490 e. The molecule has 168 valence electrons. The van der Waals surface area contributed by atoms with Crippen molar-refractivity contribution in [1.82, 2.24) is 4.90 Å². The summed E-state index contributed by atoms with van der Waals surface area (Å²) in [6, 6.07) is 15.5. The van der Waals surface area contributed by atoms with Crippen LogP contribution in [0, 0.1) is 0 Å². The molecule has 3 rings (SSSR count). The number of methoxy groups -OCH3 is 1. The highest BCUT2D eigenvalue weighted by molar-refractivity contribution is 8.26. The highest BCUT2D eigenvalue weighted by Gasteiger charge is 2.31. The SMILES string of the molecule is CCOc1cc(/C=C2\SC(=S)N(CCCC(=O)OC)C2=O)ccc1OCc1ccccc1. The van der Waals surface area contributed by atoms with Gasteiger partial charge in [-0.25, -0.2) is 0 Å². The first kappa shape index (κ1) is 23.8. The summed E-state index contributed by atoms with van der Waals surface area (Å²) in [4.78, 5) is 26.1. The maximum absolute atomic E-state index is 12.8. The zero-order valence-electron chi connectivity index (χ0n) is 18.0. The van der Waals surface area contributed by atoms with E-state index >= 15 is 0 Å². The van der Waals surface area contributed by atoms with Gasteiger partial charge in [0, 0.05) is 13.0 Å². The van der Waals surface area contributed by atoms with Gasteiger partial charge in [0.2, 0.25) is 0 Å². The third kappa shape index (κ3) is 6.34. The number of rotatable bonds is 10. The summed E-state index contributed by atoms with van der Waals surface area (Å²) in [6.45, 7) is 3.22. The van der Waals surface area contributed by atoms with Crippen LogP contribution in [0.15, 0.2) is 53.4 Å². The highest BCUT2D eigenvalue weighted by atomic mass is 32.2. The molecule has 0 radical (unpaired) electrons. The van der Waals surface area contributed by atoms with E-state index in [1.165, 1.54) is 23.8 Å². The monoisotopic (exact) mass is 471 g/mol. The van der Waals surface area contributed by atoms with E-state index in [9.17, 15) is 9.59 Å². The van der Waals surface area contributed by atoms with Gasteiger partial charge >= 0.3 is 5.97 Å². The Bertz CT molecular complexity index is 1010. The van der Waals surface area contributed by atoms with Crippen LogP contribution in [0.25, 0.3) is 6.08 Å². The van der Waals surface area contributed by atoms with E-state index in [-0.39, 0.29) is 18.3 Å².